The quantitative estimate of drug-likeness (QED) is 0.291. The molecule has 0 bridgehead atoms. The predicted molar refractivity (Wildman–Crippen MR) is 109 cm³/mol. The molecule has 0 saturated heterocycles. The van der Waals surface area contributed by atoms with Crippen molar-refractivity contribution in [1.29, 1.82) is 0 Å². The lowest BCUT2D eigenvalue weighted by Crippen LogP contribution is -2.21. The van der Waals surface area contributed by atoms with Crippen molar-refractivity contribution in [2.24, 2.45) is 5.41 Å². The van der Waals surface area contributed by atoms with Gasteiger partial charge in [0, 0.05) is 5.97 Å². The van der Waals surface area contributed by atoms with Crippen molar-refractivity contribution in [3.8, 4) is 0 Å². The van der Waals surface area contributed by atoms with Crippen molar-refractivity contribution in [3.05, 3.63) is 0 Å². The normalized spacial score (nSPS) is 11.3. The SMILES string of the molecule is CC(C)(C)CCCCCCCCCCCCCCCCCC(=O)[O-].[NH4+]. The van der Waals surface area contributed by atoms with Crippen LogP contribution in [0.1, 0.15) is 130 Å². The van der Waals surface area contributed by atoms with Crippen LogP contribution in [-0.2, 0) is 4.79 Å². The van der Waals surface area contributed by atoms with Gasteiger partial charge in [-0.1, -0.05) is 111 Å². The molecule has 0 unspecified atom stereocenters. The minimum Gasteiger partial charge on any atom is -0.550 e. The third kappa shape index (κ3) is 25.8. The van der Waals surface area contributed by atoms with Crippen LogP contribution in [0.4, 0.5) is 0 Å². The number of unbranched alkanes of at least 4 members (excludes halogenated alkanes) is 14. The van der Waals surface area contributed by atoms with Crippen molar-refractivity contribution in [3.63, 3.8) is 0 Å². The van der Waals surface area contributed by atoms with E-state index in [-0.39, 0.29) is 12.6 Å². The van der Waals surface area contributed by atoms with Gasteiger partial charge in [0.25, 0.3) is 0 Å². The van der Waals surface area contributed by atoms with Crippen molar-refractivity contribution >= 4 is 5.97 Å². The maximum atomic E-state index is 10.3. The molecule has 0 aliphatic rings. The van der Waals surface area contributed by atoms with Crippen LogP contribution in [0.15, 0.2) is 0 Å². The fourth-order valence-electron chi connectivity index (χ4n) is 3.22. The number of carbonyl (C=O) groups is 1. The van der Waals surface area contributed by atoms with Gasteiger partial charge in [-0.25, -0.2) is 0 Å². The number of carboxylic acid groups (broad SMARTS) is 1. The van der Waals surface area contributed by atoms with E-state index >= 15 is 0 Å². The summed E-state index contributed by atoms with van der Waals surface area (Å²) in [6, 6.07) is 0. The van der Waals surface area contributed by atoms with Gasteiger partial charge < -0.3 is 16.1 Å². The Morgan fingerprint density at radius 2 is 0.880 bits per heavy atom. The van der Waals surface area contributed by atoms with Gasteiger partial charge >= 0.3 is 0 Å². The van der Waals surface area contributed by atoms with E-state index in [4.69, 9.17) is 0 Å². The van der Waals surface area contributed by atoms with Gasteiger partial charge in [-0.3, -0.25) is 0 Å². The standard InChI is InChI=1S/C22H44O2.H3N/c1-22(2,3)20-18-16-14-12-10-8-6-4-5-7-9-11-13-15-17-19-21(23)24;/h4-20H2,1-3H3,(H,23,24);1H3. The Kier molecular flexibility index (Phi) is 19.4. The lowest BCUT2D eigenvalue weighted by atomic mass is 9.89. The maximum Gasteiger partial charge on any atom is 0.0414 e. The summed E-state index contributed by atoms with van der Waals surface area (Å²) in [6.07, 6.45) is 21.3. The number of carboxylic acids is 1. The largest absolute Gasteiger partial charge is 0.550 e. The lowest BCUT2D eigenvalue weighted by molar-refractivity contribution is -0.305. The molecule has 0 fully saturated rings. The molecule has 0 rings (SSSR count). The first-order chi connectivity index (χ1) is 11.4. The first kappa shape index (κ1) is 26.7. The molecule has 0 aliphatic heterocycles. The molecule has 3 heteroatoms. The third-order valence-electron chi connectivity index (χ3n) is 4.81. The smallest absolute Gasteiger partial charge is 0.0414 e. The predicted octanol–water partition coefficient (Wildman–Crippen LogP) is 6.79. The second-order valence-corrected chi connectivity index (χ2v) is 8.74. The van der Waals surface area contributed by atoms with Crippen LogP contribution < -0.4 is 11.3 Å². The van der Waals surface area contributed by atoms with Crippen LogP contribution in [0.25, 0.3) is 0 Å². The van der Waals surface area contributed by atoms with Gasteiger partial charge in [-0.15, -0.1) is 0 Å². The Labute approximate surface area is 157 Å². The number of hydrogen-bond donors (Lipinski definition) is 1. The van der Waals surface area contributed by atoms with E-state index < -0.39 is 5.97 Å². The molecule has 4 N–H and O–H groups in total. The topological polar surface area (TPSA) is 76.6 Å². The Hall–Kier alpha value is -0.570. The number of rotatable bonds is 17. The molecule has 152 valence electrons. The summed E-state index contributed by atoms with van der Waals surface area (Å²) < 4.78 is 0. The number of hydrogen-bond acceptors (Lipinski definition) is 2. The summed E-state index contributed by atoms with van der Waals surface area (Å²) in [4.78, 5) is 10.3. The van der Waals surface area contributed by atoms with Gasteiger partial charge in [0.1, 0.15) is 0 Å². The third-order valence-corrected chi connectivity index (χ3v) is 4.81. The molecule has 0 aromatic rings. The highest BCUT2D eigenvalue weighted by molar-refractivity contribution is 5.63. The highest BCUT2D eigenvalue weighted by Gasteiger charge is 2.08. The number of quaternary nitrogens is 1. The minimum absolute atomic E-state index is 0. The summed E-state index contributed by atoms with van der Waals surface area (Å²) in [5.41, 5.74) is 0.510. The van der Waals surface area contributed by atoms with Gasteiger partial charge in [-0.05, 0) is 24.7 Å². The minimum atomic E-state index is -0.903. The van der Waals surface area contributed by atoms with Crippen molar-refractivity contribution in [1.82, 2.24) is 6.15 Å². The zero-order chi connectivity index (χ0) is 18.1. The summed E-state index contributed by atoms with van der Waals surface area (Å²) >= 11 is 0. The summed E-state index contributed by atoms with van der Waals surface area (Å²) in [5, 5.41) is 10.3. The fraction of sp³-hybridized carbons (Fsp3) is 0.955. The summed E-state index contributed by atoms with van der Waals surface area (Å²) in [6.45, 7) is 7.01. The zero-order valence-electron chi connectivity index (χ0n) is 17.8. The van der Waals surface area contributed by atoms with E-state index in [1.54, 1.807) is 0 Å². The van der Waals surface area contributed by atoms with Gasteiger partial charge in [0.05, 0.1) is 0 Å². The van der Waals surface area contributed by atoms with Crippen molar-refractivity contribution in [2.45, 2.75) is 130 Å². The van der Waals surface area contributed by atoms with Gasteiger partial charge in [0.15, 0.2) is 0 Å². The van der Waals surface area contributed by atoms with E-state index in [2.05, 4.69) is 20.8 Å². The molecule has 0 atom stereocenters. The molecule has 0 aromatic heterocycles. The van der Waals surface area contributed by atoms with Gasteiger partial charge in [-0.2, -0.15) is 0 Å². The van der Waals surface area contributed by atoms with E-state index in [1.165, 1.54) is 89.9 Å². The Morgan fingerprint density at radius 3 is 1.16 bits per heavy atom. The molecule has 3 nitrogen and oxygen atoms in total. The van der Waals surface area contributed by atoms with Crippen molar-refractivity contribution < 1.29 is 9.90 Å². The van der Waals surface area contributed by atoms with Crippen LogP contribution in [0.2, 0.25) is 0 Å². The molecule has 0 aromatic carbocycles. The molecule has 0 aliphatic carbocycles. The molecular weight excluding hydrogens is 310 g/mol. The molecule has 0 heterocycles. The highest BCUT2D eigenvalue weighted by Crippen LogP contribution is 2.22. The van der Waals surface area contributed by atoms with E-state index in [0.29, 0.717) is 5.41 Å². The van der Waals surface area contributed by atoms with Crippen LogP contribution in [-0.4, -0.2) is 5.97 Å². The van der Waals surface area contributed by atoms with Crippen LogP contribution in [0.5, 0.6) is 0 Å². The average Bonchev–Trinajstić information content (AvgIpc) is 2.49. The Balaban J connectivity index is 0. The first-order valence-corrected chi connectivity index (χ1v) is 10.6. The van der Waals surface area contributed by atoms with Crippen LogP contribution in [0.3, 0.4) is 0 Å². The van der Waals surface area contributed by atoms with E-state index in [1.807, 2.05) is 0 Å². The molecule has 0 radical (unpaired) electrons. The van der Waals surface area contributed by atoms with E-state index in [0.717, 1.165) is 12.8 Å². The van der Waals surface area contributed by atoms with Crippen molar-refractivity contribution in [2.75, 3.05) is 0 Å². The Morgan fingerprint density at radius 1 is 0.600 bits per heavy atom. The van der Waals surface area contributed by atoms with Gasteiger partial charge in [0.2, 0.25) is 0 Å². The lowest BCUT2D eigenvalue weighted by Gasteiger charge is -2.17. The first-order valence-electron chi connectivity index (χ1n) is 10.6. The Bertz CT molecular complexity index is 284. The number of aliphatic carboxylic acids is 1. The molecular formula is C22H47NO2. The average molecular weight is 358 g/mol. The summed E-state index contributed by atoms with van der Waals surface area (Å²) in [5.74, 6) is -0.903. The number of carbonyl (C=O) groups excluding carboxylic acids is 1. The highest BCUT2D eigenvalue weighted by atomic mass is 16.4. The fourth-order valence-corrected chi connectivity index (χ4v) is 3.22. The summed E-state index contributed by atoms with van der Waals surface area (Å²) in [7, 11) is 0. The molecule has 25 heavy (non-hydrogen) atoms. The van der Waals surface area contributed by atoms with Crippen LogP contribution in [0, 0.1) is 5.41 Å². The zero-order valence-corrected chi connectivity index (χ0v) is 17.8. The molecule has 0 saturated carbocycles. The maximum absolute atomic E-state index is 10.3. The second-order valence-electron chi connectivity index (χ2n) is 8.74. The molecule has 0 spiro atoms. The second kappa shape index (κ2) is 18.2. The molecule has 0 amide bonds. The monoisotopic (exact) mass is 357 g/mol. The van der Waals surface area contributed by atoms with Crippen LogP contribution >= 0.6 is 0 Å². The van der Waals surface area contributed by atoms with E-state index in [9.17, 15) is 9.90 Å².